The number of nitrogens with zero attached hydrogens (tertiary/aromatic N) is 1. The molecule has 2 nitrogen and oxygen atoms in total. The summed E-state index contributed by atoms with van der Waals surface area (Å²) < 4.78 is -0.222. The smallest absolute Gasteiger partial charge is 0.255 e. The number of Topliss-reactive ketones (excluding diaryl/α,β-unsaturated/α-hetero) is 1. The van der Waals surface area contributed by atoms with Crippen LogP contribution in [0, 0.1) is 0 Å². The number of ketones is 1. The Hall–Kier alpha value is -0.610. The van der Waals surface area contributed by atoms with Crippen molar-refractivity contribution in [3.8, 4) is 5.69 Å². The van der Waals surface area contributed by atoms with E-state index in [-0.39, 0.29) is 0 Å². The van der Waals surface area contributed by atoms with Crippen molar-refractivity contribution < 1.29 is 4.79 Å². The van der Waals surface area contributed by atoms with Crippen molar-refractivity contribution in [2.45, 2.75) is 8.69 Å². The molecule has 0 unspecified atom stereocenters. The average Bonchev–Trinajstić information content (AvgIpc) is 2.85. The predicted molar refractivity (Wildman–Crippen MR) is 82.2 cm³/mol. The fourth-order valence-electron chi connectivity index (χ4n) is 1.75. The van der Waals surface area contributed by atoms with Crippen LogP contribution in [-0.2, 0) is 0 Å². The molecule has 0 amide bonds. The fourth-order valence-corrected chi connectivity index (χ4v) is 2.63. The van der Waals surface area contributed by atoms with Gasteiger partial charge in [0.05, 0.1) is 11.4 Å². The lowest BCUT2D eigenvalue weighted by Crippen LogP contribution is -2.21. The van der Waals surface area contributed by atoms with Crippen LogP contribution >= 0.6 is 46.6 Å². The summed E-state index contributed by atoms with van der Waals surface area (Å²) in [6, 6.07) is 11.1. The van der Waals surface area contributed by atoms with Crippen molar-refractivity contribution in [1.82, 2.24) is 4.57 Å². The topological polar surface area (TPSA) is 22.0 Å². The first-order valence-corrected chi connectivity index (χ1v) is 7.73. The molecule has 0 aliphatic heterocycles. The zero-order chi connectivity index (χ0) is 14.0. The summed E-state index contributed by atoms with van der Waals surface area (Å²) in [5.41, 5.74) is 1.24. The molecule has 0 N–H and O–H groups in total. The van der Waals surface area contributed by atoms with Crippen molar-refractivity contribution in [2.24, 2.45) is 0 Å². The molecular formula is C13H10Cl3NOS. The quantitative estimate of drug-likeness (QED) is 0.459. The third kappa shape index (κ3) is 3.11. The molecule has 2 aromatic rings. The number of thioether (sulfide) groups is 1. The van der Waals surface area contributed by atoms with Crippen molar-refractivity contribution >= 4 is 52.3 Å². The standard InChI is InChI=1S/C13H10Cl3NOS/c1-19-11-7-3-2-5-9(11)17-8-4-6-10(17)12(18)13(14,15)16/h2-8H,1H3. The van der Waals surface area contributed by atoms with Crippen molar-refractivity contribution in [3.05, 3.63) is 48.3 Å². The molecule has 0 aliphatic rings. The summed E-state index contributed by atoms with van der Waals surface area (Å²) in [5.74, 6) is -0.543. The van der Waals surface area contributed by atoms with Gasteiger partial charge in [-0.2, -0.15) is 0 Å². The Balaban J connectivity index is 2.54. The van der Waals surface area contributed by atoms with E-state index in [4.69, 9.17) is 34.8 Å². The van der Waals surface area contributed by atoms with Crippen LogP contribution in [0.15, 0.2) is 47.5 Å². The molecule has 2 rings (SSSR count). The predicted octanol–water partition coefficient (Wildman–Crippen LogP) is 4.75. The van der Waals surface area contributed by atoms with E-state index >= 15 is 0 Å². The Morgan fingerprint density at radius 1 is 1.16 bits per heavy atom. The van der Waals surface area contributed by atoms with Gasteiger partial charge in [-0.25, -0.2) is 0 Å². The summed E-state index contributed by atoms with van der Waals surface area (Å²) >= 11 is 18.6. The first-order valence-electron chi connectivity index (χ1n) is 5.37. The van der Waals surface area contributed by atoms with Crippen LogP contribution in [0.2, 0.25) is 0 Å². The highest BCUT2D eigenvalue weighted by Crippen LogP contribution is 2.32. The molecule has 0 saturated heterocycles. The molecule has 0 aliphatic carbocycles. The van der Waals surface area contributed by atoms with Crippen LogP contribution in [0.1, 0.15) is 10.5 Å². The second-order valence-corrected chi connectivity index (χ2v) is 6.89. The van der Waals surface area contributed by atoms with Gasteiger partial charge in [0, 0.05) is 11.1 Å². The maximum Gasteiger partial charge on any atom is 0.255 e. The van der Waals surface area contributed by atoms with Crippen LogP contribution in [0.25, 0.3) is 5.69 Å². The van der Waals surface area contributed by atoms with Crippen molar-refractivity contribution in [1.29, 1.82) is 0 Å². The minimum absolute atomic E-state index is 0.349. The summed E-state index contributed by atoms with van der Waals surface area (Å²) in [5, 5.41) is 0. The third-order valence-corrected chi connectivity index (χ3v) is 3.88. The van der Waals surface area contributed by atoms with Crippen molar-refractivity contribution in [3.63, 3.8) is 0 Å². The van der Waals surface area contributed by atoms with E-state index in [1.807, 2.05) is 30.5 Å². The Kier molecular flexibility index (Phi) is 4.51. The highest BCUT2D eigenvalue weighted by molar-refractivity contribution is 7.98. The van der Waals surface area contributed by atoms with Gasteiger partial charge in [-0.05, 0) is 30.5 Å². The number of halogens is 3. The molecule has 0 radical (unpaired) electrons. The lowest BCUT2D eigenvalue weighted by atomic mass is 10.2. The SMILES string of the molecule is CSc1ccccc1-n1cccc1C(=O)C(Cl)(Cl)Cl. The average molecular weight is 335 g/mol. The van der Waals surface area contributed by atoms with Gasteiger partial charge in [-0.1, -0.05) is 46.9 Å². The van der Waals surface area contributed by atoms with Crippen molar-refractivity contribution in [2.75, 3.05) is 6.26 Å². The van der Waals surface area contributed by atoms with E-state index in [1.54, 1.807) is 34.7 Å². The lowest BCUT2D eigenvalue weighted by Gasteiger charge is -2.15. The summed E-state index contributed by atoms with van der Waals surface area (Å²) in [6.45, 7) is 0. The summed E-state index contributed by atoms with van der Waals surface area (Å²) in [6.07, 6.45) is 3.75. The zero-order valence-corrected chi connectivity index (χ0v) is 13.0. The maximum absolute atomic E-state index is 12.1. The van der Waals surface area contributed by atoms with Gasteiger partial charge in [0.1, 0.15) is 0 Å². The van der Waals surface area contributed by atoms with Crippen LogP contribution < -0.4 is 0 Å². The molecule has 0 fully saturated rings. The highest BCUT2D eigenvalue weighted by Gasteiger charge is 2.33. The Morgan fingerprint density at radius 3 is 2.47 bits per heavy atom. The molecule has 1 heterocycles. The van der Waals surface area contributed by atoms with Crippen LogP contribution in [0.3, 0.4) is 0 Å². The fraction of sp³-hybridized carbons (Fsp3) is 0.154. The van der Waals surface area contributed by atoms with Gasteiger partial charge < -0.3 is 4.57 Å². The van der Waals surface area contributed by atoms with E-state index in [9.17, 15) is 4.79 Å². The van der Waals surface area contributed by atoms with Gasteiger partial charge in [0.2, 0.25) is 5.78 Å². The molecule has 0 spiro atoms. The first-order chi connectivity index (χ1) is 8.95. The number of hydrogen-bond donors (Lipinski definition) is 0. The molecule has 0 bridgehead atoms. The van der Waals surface area contributed by atoms with Gasteiger partial charge >= 0.3 is 0 Å². The number of aromatic nitrogens is 1. The number of carbonyl (C=O) groups is 1. The normalized spacial score (nSPS) is 11.6. The van der Waals surface area contributed by atoms with Gasteiger partial charge in [0.25, 0.3) is 3.79 Å². The Morgan fingerprint density at radius 2 is 1.84 bits per heavy atom. The van der Waals surface area contributed by atoms with Gasteiger partial charge in [0.15, 0.2) is 0 Å². The van der Waals surface area contributed by atoms with E-state index in [0.29, 0.717) is 5.69 Å². The van der Waals surface area contributed by atoms with Crippen LogP contribution in [-0.4, -0.2) is 20.4 Å². The minimum atomic E-state index is -1.95. The van der Waals surface area contributed by atoms with Gasteiger partial charge in [-0.15, -0.1) is 11.8 Å². The number of rotatable bonds is 3. The second-order valence-electron chi connectivity index (χ2n) is 3.76. The summed E-state index contributed by atoms with van der Waals surface area (Å²) in [4.78, 5) is 13.1. The van der Waals surface area contributed by atoms with Gasteiger partial charge in [-0.3, -0.25) is 4.79 Å². The maximum atomic E-state index is 12.1. The largest absolute Gasteiger partial charge is 0.313 e. The number of hydrogen-bond acceptors (Lipinski definition) is 2. The summed E-state index contributed by atoms with van der Waals surface area (Å²) in [7, 11) is 0. The molecule has 0 saturated carbocycles. The number of carbonyl (C=O) groups excluding carboxylic acids is 1. The van der Waals surface area contributed by atoms with E-state index in [1.165, 1.54) is 0 Å². The molecule has 19 heavy (non-hydrogen) atoms. The Labute approximate surface area is 130 Å². The molecule has 100 valence electrons. The van der Waals surface area contributed by atoms with E-state index in [0.717, 1.165) is 10.6 Å². The number of para-hydroxylation sites is 1. The molecular weight excluding hydrogens is 325 g/mol. The number of alkyl halides is 3. The monoisotopic (exact) mass is 333 g/mol. The van der Waals surface area contributed by atoms with E-state index in [2.05, 4.69) is 0 Å². The molecule has 0 atom stereocenters. The second kappa shape index (κ2) is 5.80. The molecule has 6 heteroatoms. The van der Waals surface area contributed by atoms with Crippen LogP contribution in [0.4, 0.5) is 0 Å². The highest BCUT2D eigenvalue weighted by atomic mass is 35.6. The first kappa shape index (κ1) is 14.8. The Bertz CT molecular complexity index is 604. The molecule has 1 aromatic carbocycles. The lowest BCUT2D eigenvalue weighted by molar-refractivity contribution is 0.0990. The zero-order valence-electron chi connectivity index (χ0n) is 9.94. The third-order valence-electron chi connectivity index (χ3n) is 2.58. The van der Waals surface area contributed by atoms with E-state index < -0.39 is 9.58 Å². The minimum Gasteiger partial charge on any atom is -0.313 e. The van der Waals surface area contributed by atoms with Crippen LogP contribution in [0.5, 0.6) is 0 Å². The number of benzene rings is 1. The molecule has 1 aromatic heterocycles.